The van der Waals surface area contributed by atoms with E-state index in [0.29, 0.717) is 34.6 Å². The van der Waals surface area contributed by atoms with E-state index in [1.54, 1.807) is 18.2 Å². The topological polar surface area (TPSA) is 74.7 Å². The third-order valence-electron chi connectivity index (χ3n) is 6.33. The van der Waals surface area contributed by atoms with Crippen molar-refractivity contribution in [2.24, 2.45) is 0 Å². The molecule has 0 radical (unpaired) electrons. The third kappa shape index (κ3) is 4.45. The van der Waals surface area contributed by atoms with Crippen molar-refractivity contribution in [3.8, 4) is 11.5 Å². The molecule has 6 nitrogen and oxygen atoms in total. The minimum absolute atomic E-state index is 0.323. The largest absolute Gasteiger partial charge is 0.497 e. The maximum absolute atomic E-state index is 13.4. The molecular weight excluding hydrogens is 454 g/mol. The van der Waals surface area contributed by atoms with Gasteiger partial charge in [0.1, 0.15) is 11.5 Å². The normalized spacial score (nSPS) is 13.4. The number of esters is 1. The first kappa shape index (κ1) is 23.3. The minimum Gasteiger partial charge on any atom is -0.497 e. The van der Waals surface area contributed by atoms with Crippen LogP contribution in [0.4, 0.5) is 0 Å². The number of hydrogen-bond acceptors (Lipinski definition) is 6. The number of allylic oxidation sites excluding steroid dienone is 1. The molecule has 0 fully saturated rings. The monoisotopic (exact) mass is 479 g/mol. The summed E-state index contributed by atoms with van der Waals surface area (Å²) < 4.78 is 16.1. The summed E-state index contributed by atoms with van der Waals surface area (Å²) >= 11 is 0. The fourth-order valence-corrected chi connectivity index (χ4v) is 4.57. The van der Waals surface area contributed by atoms with Gasteiger partial charge >= 0.3 is 5.97 Å². The summed E-state index contributed by atoms with van der Waals surface area (Å²) in [5, 5.41) is 0.719. The maximum Gasteiger partial charge on any atom is 0.339 e. The van der Waals surface area contributed by atoms with Gasteiger partial charge in [0.25, 0.3) is 0 Å². The van der Waals surface area contributed by atoms with Crippen LogP contribution < -0.4 is 9.47 Å². The second-order valence-corrected chi connectivity index (χ2v) is 8.48. The fourth-order valence-electron chi connectivity index (χ4n) is 4.57. The summed E-state index contributed by atoms with van der Waals surface area (Å²) in [6.45, 7) is -0.403. The van der Waals surface area contributed by atoms with Crippen LogP contribution in [0.2, 0.25) is 0 Å². The van der Waals surface area contributed by atoms with Gasteiger partial charge in [0.2, 0.25) is 5.78 Å². The highest BCUT2D eigenvalue weighted by atomic mass is 16.5. The number of Topliss-reactive ketones (excluding diaryl/α,β-unsaturated/α-hetero) is 1. The number of para-hydroxylation sites is 1. The summed E-state index contributed by atoms with van der Waals surface area (Å²) in [6, 6.07) is 22.5. The van der Waals surface area contributed by atoms with Gasteiger partial charge in [-0.25, -0.2) is 9.78 Å². The highest BCUT2D eigenvalue weighted by Gasteiger charge is 2.28. The standard InChI is InChI=1S/C30H25NO5/c1-34-21-13-15-23(27(17-21)35-2)26(32)18-36-30(33)28-22-10-6-7-11-25(22)31-29-20(12-14-24(28)29)16-19-8-4-3-5-9-19/h3-11,13,15-17H,12,14,18H2,1-2H3. The number of carbonyl (C=O) groups is 2. The van der Waals surface area contributed by atoms with Gasteiger partial charge in [-0.2, -0.15) is 0 Å². The summed E-state index contributed by atoms with van der Waals surface area (Å²) in [6.07, 6.45) is 3.56. The summed E-state index contributed by atoms with van der Waals surface area (Å²) in [5.74, 6) is 0.0362. The Morgan fingerprint density at radius 2 is 1.69 bits per heavy atom. The van der Waals surface area contributed by atoms with Crippen LogP contribution in [0.3, 0.4) is 0 Å². The molecule has 0 atom stereocenters. The van der Waals surface area contributed by atoms with Crippen LogP contribution in [0.5, 0.6) is 11.5 Å². The molecule has 36 heavy (non-hydrogen) atoms. The Bertz CT molecular complexity index is 1490. The SMILES string of the molecule is COc1ccc(C(=O)COC(=O)c2c3c(nc4ccccc24)C(=Cc2ccccc2)CC3)c(OC)c1. The number of pyridine rings is 1. The average Bonchev–Trinajstić information content (AvgIpc) is 3.31. The Morgan fingerprint density at radius 3 is 2.47 bits per heavy atom. The van der Waals surface area contributed by atoms with E-state index in [1.165, 1.54) is 14.2 Å². The number of methoxy groups -OCH3 is 2. The number of nitrogens with zero attached hydrogens (tertiary/aromatic N) is 1. The van der Waals surface area contributed by atoms with Crippen molar-refractivity contribution < 1.29 is 23.8 Å². The molecule has 3 aromatic carbocycles. The number of fused-ring (bicyclic) bond motifs is 2. The van der Waals surface area contributed by atoms with Gasteiger partial charge in [0.05, 0.1) is 36.6 Å². The van der Waals surface area contributed by atoms with Crippen LogP contribution in [0.1, 0.15) is 44.0 Å². The van der Waals surface area contributed by atoms with E-state index < -0.39 is 12.6 Å². The Labute approximate surface area is 209 Å². The van der Waals surface area contributed by atoms with Crippen LogP contribution in [0.25, 0.3) is 22.6 Å². The lowest BCUT2D eigenvalue weighted by molar-refractivity contribution is 0.0475. The van der Waals surface area contributed by atoms with E-state index >= 15 is 0 Å². The second kappa shape index (κ2) is 10.0. The highest BCUT2D eigenvalue weighted by Crippen LogP contribution is 2.38. The number of hydrogen-bond donors (Lipinski definition) is 0. The molecule has 1 heterocycles. The van der Waals surface area contributed by atoms with Gasteiger partial charge in [0, 0.05) is 11.5 Å². The van der Waals surface area contributed by atoms with E-state index in [1.807, 2.05) is 54.6 Å². The predicted molar refractivity (Wildman–Crippen MR) is 139 cm³/mol. The first-order valence-corrected chi connectivity index (χ1v) is 11.7. The first-order valence-electron chi connectivity index (χ1n) is 11.7. The van der Waals surface area contributed by atoms with Gasteiger partial charge in [-0.15, -0.1) is 0 Å². The highest BCUT2D eigenvalue weighted by molar-refractivity contribution is 6.08. The summed E-state index contributed by atoms with van der Waals surface area (Å²) in [4.78, 5) is 31.2. The molecule has 5 rings (SSSR count). The molecule has 180 valence electrons. The van der Waals surface area contributed by atoms with Gasteiger partial charge in [-0.1, -0.05) is 48.5 Å². The van der Waals surface area contributed by atoms with E-state index in [0.717, 1.165) is 34.2 Å². The van der Waals surface area contributed by atoms with Crippen molar-refractivity contribution in [1.29, 1.82) is 0 Å². The van der Waals surface area contributed by atoms with E-state index in [9.17, 15) is 9.59 Å². The van der Waals surface area contributed by atoms with Crippen LogP contribution in [-0.4, -0.2) is 37.6 Å². The second-order valence-electron chi connectivity index (χ2n) is 8.48. The molecular formula is C30H25NO5. The number of carbonyl (C=O) groups excluding carboxylic acids is 2. The van der Waals surface area contributed by atoms with E-state index in [-0.39, 0.29) is 5.78 Å². The molecule has 4 aromatic rings. The van der Waals surface area contributed by atoms with Gasteiger partial charge < -0.3 is 14.2 Å². The molecule has 0 amide bonds. The van der Waals surface area contributed by atoms with Crippen LogP contribution in [0.15, 0.2) is 72.8 Å². The zero-order valence-electron chi connectivity index (χ0n) is 20.1. The van der Waals surface area contributed by atoms with Gasteiger partial charge in [-0.05, 0) is 53.8 Å². The number of ether oxygens (including phenoxy) is 3. The molecule has 1 aliphatic rings. The number of ketones is 1. The third-order valence-corrected chi connectivity index (χ3v) is 6.33. The van der Waals surface area contributed by atoms with Crippen molar-refractivity contribution in [3.63, 3.8) is 0 Å². The van der Waals surface area contributed by atoms with Crippen LogP contribution in [-0.2, 0) is 11.2 Å². The fraction of sp³-hybridized carbons (Fsp3) is 0.167. The Morgan fingerprint density at radius 1 is 0.917 bits per heavy atom. The number of rotatable bonds is 7. The molecule has 1 aliphatic carbocycles. The van der Waals surface area contributed by atoms with Crippen molar-refractivity contribution in [3.05, 3.63) is 101 Å². The van der Waals surface area contributed by atoms with E-state index in [2.05, 4.69) is 6.08 Å². The lowest BCUT2D eigenvalue weighted by Crippen LogP contribution is -2.17. The molecule has 0 spiro atoms. The summed E-state index contributed by atoms with van der Waals surface area (Å²) in [7, 11) is 3.01. The first-order chi connectivity index (χ1) is 17.6. The van der Waals surface area contributed by atoms with Crippen LogP contribution in [0, 0.1) is 0 Å². The van der Waals surface area contributed by atoms with Gasteiger partial charge in [0.15, 0.2) is 6.61 Å². The van der Waals surface area contributed by atoms with E-state index in [4.69, 9.17) is 19.2 Å². The molecule has 0 saturated heterocycles. The zero-order valence-corrected chi connectivity index (χ0v) is 20.1. The quantitative estimate of drug-likeness (QED) is 0.247. The Kier molecular flexibility index (Phi) is 6.50. The Balaban J connectivity index is 1.47. The van der Waals surface area contributed by atoms with Gasteiger partial charge in [-0.3, -0.25) is 4.79 Å². The lowest BCUT2D eigenvalue weighted by atomic mass is 10.0. The van der Waals surface area contributed by atoms with Crippen molar-refractivity contribution in [2.45, 2.75) is 12.8 Å². The van der Waals surface area contributed by atoms with Crippen molar-refractivity contribution in [2.75, 3.05) is 20.8 Å². The molecule has 0 unspecified atom stereocenters. The average molecular weight is 480 g/mol. The Hall–Kier alpha value is -4.45. The zero-order chi connectivity index (χ0) is 25.1. The molecule has 0 saturated carbocycles. The maximum atomic E-state index is 13.4. The van der Waals surface area contributed by atoms with Crippen molar-refractivity contribution in [1.82, 2.24) is 4.98 Å². The smallest absolute Gasteiger partial charge is 0.339 e. The molecule has 0 bridgehead atoms. The molecule has 0 aliphatic heterocycles. The molecule has 1 aromatic heterocycles. The van der Waals surface area contributed by atoms with Crippen molar-refractivity contribution >= 4 is 34.3 Å². The number of benzene rings is 3. The minimum atomic E-state index is -0.536. The molecule has 6 heteroatoms. The predicted octanol–water partition coefficient (Wildman–Crippen LogP) is 5.78. The lowest BCUT2D eigenvalue weighted by Gasteiger charge is -2.13. The van der Waals surface area contributed by atoms with Crippen LogP contribution >= 0.6 is 0 Å². The summed E-state index contributed by atoms with van der Waals surface area (Å²) in [5.41, 5.74) is 5.34. The number of aromatic nitrogens is 1. The molecule has 0 N–H and O–H groups in total.